The van der Waals surface area contributed by atoms with Crippen LogP contribution in [0.1, 0.15) is 19.8 Å². The van der Waals surface area contributed by atoms with Gasteiger partial charge in [-0.1, -0.05) is 0 Å². The number of benzene rings is 1. The molecule has 0 bridgehead atoms. The highest BCUT2D eigenvalue weighted by Gasteiger charge is 2.32. The summed E-state index contributed by atoms with van der Waals surface area (Å²) in [6.45, 7) is 2.06. The molecule has 1 unspecified atom stereocenters. The topological polar surface area (TPSA) is 29.5 Å². The molecule has 1 aliphatic carbocycles. The van der Waals surface area contributed by atoms with E-state index in [0.29, 0.717) is 11.7 Å². The van der Waals surface area contributed by atoms with Crippen LogP contribution in [0.5, 0.6) is 5.75 Å². The highest BCUT2D eigenvalue weighted by atomic mass is 19.1. The zero-order valence-electron chi connectivity index (χ0n) is 10.7. The van der Waals surface area contributed by atoms with E-state index >= 15 is 0 Å². The average molecular weight is 251 g/mol. The molecule has 1 fully saturated rings. The van der Waals surface area contributed by atoms with Crippen molar-refractivity contribution in [2.45, 2.75) is 25.8 Å². The molecule has 2 rings (SSSR count). The van der Waals surface area contributed by atoms with Crippen molar-refractivity contribution in [3.63, 3.8) is 0 Å². The molecule has 0 aromatic heterocycles. The molecule has 1 aromatic rings. The summed E-state index contributed by atoms with van der Waals surface area (Å²) in [6, 6.07) is 5.95. The number of nitrogens with zero attached hydrogens (tertiary/aromatic N) is 1. The third-order valence-electron chi connectivity index (χ3n) is 3.48. The number of carbonyl (C=O) groups is 1. The predicted octanol–water partition coefficient (Wildman–Crippen LogP) is 2.46. The van der Waals surface area contributed by atoms with Crippen LogP contribution in [0.2, 0.25) is 0 Å². The Hall–Kier alpha value is -1.58. The second kappa shape index (κ2) is 5.38. The maximum Gasteiger partial charge on any atom is 0.260 e. The van der Waals surface area contributed by atoms with Gasteiger partial charge in [0.25, 0.3) is 5.91 Å². The Morgan fingerprint density at radius 2 is 2.06 bits per heavy atom. The fourth-order valence-corrected chi connectivity index (χ4v) is 1.90. The second-order valence-electron chi connectivity index (χ2n) is 4.83. The summed E-state index contributed by atoms with van der Waals surface area (Å²) in [5.74, 6) is 0.800. The van der Waals surface area contributed by atoms with Crippen molar-refractivity contribution in [3.05, 3.63) is 30.1 Å². The van der Waals surface area contributed by atoms with Crippen molar-refractivity contribution in [1.29, 1.82) is 0 Å². The van der Waals surface area contributed by atoms with E-state index in [1.165, 1.54) is 37.1 Å². The SMILES string of the molecule is CC(C1CC1)N(C)C(=O)COc1ccc(F)cc1. The lowest BCUT2D eigenvalue weighted by Crippen LogP contribution is -2.39. The Morgan fingerprint density at radius 1 is 1.44 bits per heavy atom. The smallest absolute Gasteiger partial charge is 0.260 e. The first-order valence-corrected chi connectivity index (χ1v) is 6.22. The maximum atomic E-state index is 12.7. The van der Waals surface area contributed by atoms with Crippen LogP contribution in [0.3, 0.4) is 0 Å². The summed E-state index contributed by atoms with van der Waals surface area (Å²) in [5.41, 5.74) is 0. The molecule has 18 heavy (non-hydrogen) atoms. The van der Waals surface area contributed by atoms with Crippen LogP contribution >= 0.6 is 0 Å². The van der Waals surface area contributed by atoms with E-state index in [0.717, 1.165) is 0 Å². The third-order valence-corrected chi connectivity index (χ3v) is 3.48. The fourth-order valence-electron chi connectivity index (χ4n) is 1.90. The van der Waals surface area contributed by atoms with Crippen molar-refractivity contribution in [2.24, 2.45) is 5.92 Å². The van der Waals surface area contributed by atoms with Crippen LogP contribution in [0.15, 0.2) is 24.3 Å². The van der Waals surface area contributed by atoms with Crippen LogP contribution in [-0.2, 0) is 4.79 Å². The Morgan fingerprint density at radius 3 is 2.61 bits per heavy atom. The largest absolute Gasteiger partial charge is 0.484 e. The molecular weight excluding hydrogens is 233 g/mol. The lowest BCUT2D eigenvalue weighted by molar-refractivity contribution is -0.134. The quantitative estimate of drug-likeness (QED) is 0.804. The van der Waals surface area contributed by atoms with Gasteiger partial charge < -0.3 is 9.64 Å². The molecule has 1 saturated carbocycles. The molecule has 1 amide bonds. The Labute approximate surface area is 107 Å². The summed E-state index contributed by atoms with van der Waals surface area (Å²) >= 11 is 0. The number of hydrogen-bond acceptors (Lipinski definition) is 2. The van der Waals surface area contributed by atoms with Gasteiger partial charge in [-0.25, -0.2) is 4.39 Å². The minimum absolute atomic E-state index is 0.000801. The molecule has 4 heteroatoms. The number of ether oxygens (including phenoxy) is 1. The Kier molecular flexibility index (Phi) is 3.84. The first kappa shape index (κ1) is 12.9. The first-order valence-electron chi connectivity index (χ1n) is 6.22. The highest BCUT2D eigenvalue weighted by Crippen LogP contribution is 2.34. The summed E-state index contributed by atoms with van der Waals surface area (Å²) in [4.78, 5) is 13.6. The van der Waals surface area contributed by atoms with E-state index in [9.17, 15) is 9.18 Å². The van der Waals surface area contributed by atoms with Crippen molar-refractivity contribution in [2.75, 3.05) is 13.7 Å². The molecule has 0 aliphatic heterocycles. The van der Waals surface area contributed by atoms with Gasteiger partial charge in [-0.2, -0.15) is 0 Å². The zero-order chi connectivity index (χ0) is 13.1. The minimum atomic E-state index is -0.312. The molecule has 3 nitrogen and oxygen atoms in total. The van der Waals surface area contributed by atoms with Gasteiger partial charge >= 0.3 is 0 Å². The summed E-state index contributed by atoms with van der Waals surface area (Å²) in [6.07, 6.45) is 2.41. The molecule has 98 valence electrons. The molecule has 1 aliphatic rings. The van der Waals surface area contributed by atoms with Gasteiger partial charge in [0.1, 0.15) is 11.6 Å². The van der Waals surface area contributed by atoms with Crippen LogP contribution < -0.4 is 4.74 Å². The summed E-state index contributed by atoms with van der Waals surface area (Å²) in [7, 11) is 1.80. The van der Waals surface area contributed by atoms with Gasteiger partial charge in [0.15, 0.2) is 6.61 Å². The minimum Gasteiger partial charge on any atom is -0.484 e. The van der Waals surface area contributed by atoms with E-state index in [2.05, 4.69) is 6.92 Å². The Balaban J connectivity index is 1.81. The van der Waals surface area contributed by atoms with Gasteiger partial charge in [0, 0.05) is 13.1 Å². The third kappa shape index (κ3) is 3.22. The molecule has 0 spiro atoms. The molecule has 1 aromatic carbocycles. The van der Waals surface area contributed by atoms with Gasteiger partial charge in [-0.15, -0.1) is 0 Å². The highest BCUT2D eigenvalue weighted by molar-refractivity contribution is 5.77. The molecule has 0 radical (unpaired) electrons. The van der Waals surface area contributed by atoms with E-state index in [1.807, 2.05) is 0 Å². The Bertz CT molecular complexity index is 414. The monoisotopic (exact) mass is 251 g/mol. The first-order chi connectivity index (χ1) is 8.58. The fraction of sp³-hybridized carbons (Fsp3) is 0.500. The zero-order valence-corrected chi connectivity index (χ0v) is 10.7. The van der Waals surface area contributed by atoms with Crippen LogP contribution in [0.4, 0.5) is 4.39 Å². The summed E-state index contributed by atoms with van der Waals surface area (Å²) in [5, 5.41) is 0. The van der Waals surface area contributed by atoms with Crippen LogP contribution in [-0.4, -0.2) is 30.5 Å². The van der Waals surface area contributed by atoms with Gasteiger partial charge in [-0.3, -0.25) is 4.79 Å². The molecular formula is C14H18FNO2. The van der Waals surface area contributed by atoms with Crippen LogP contribution in [0, 0.1) is 11.7 Å². The summed E-state index contributed by atoms with van der Waals surface area (Å²) < 4.78 is 18.0. The van der Waals surface area contributed by atoms with Crippen molar-refractivity contribution in [1.82, 2.24) is 4.90 Å². The van der Waals surface area contributed by atoms with Crippen molar-refractivity contribution >= 4 is 5.91 Å². The molecule has 0 heterocycles. The molecule has 0 saturated heterocycles. The van der Waals surface area contributed by atoms with Crippen molar-refractivity contribution < 1.29 is 13.9 Å². The van der Waals surface area contributed by atoms with Gasteiger partial charge in [0.05, 0.1) is 0 Å². The second-order valence-corrected chi connectivity index (χ2v) is 4.83. The lowest BCUT2D eigenvalue weighted by atomic mass is 10.2. The average Bonchev–Trinajstić information content (AvgIpc) is 3.20. The predicted molar refractivity (Wildman–Crippen MR) is 66.9 cm³/mol. The van der Waals surface area contributed by atoms with Gasteiger partial charge in [0.2, 0.25) is 0 Å². The number of rotatable bonds is 5. The standard InChI is InChI=1S/C14H18FNO2/c1-10(11-3-4-11)16(2)14(17)9-18-13-7-5-12(15)6-8-13/h5-8,10-11H,3-4,9H2,1-2H3. The number of hydrogen-bond donors (Lipinski definition) is 0. The molecule has 0 N–H and O–H groups in total. The van der Waals surface area contributed by atoms with E-state index in [4.69, 9.17) is 4.74 Å². The van der Waals surface area contributed by atoms with E-state index in [1.54, 1.807) is 11.9 Å². The normalized spacial score (nSPS) is 16.2. The van der Waals surface area contributed by atoms with Crippen LogP contribution in [0.25, 0.3) is 0 Å². The number of amides is 1. The van der Waals surface area contributed by atoms with Gasteiger partial charge in [-0.05, 0) is 49.9 Å². The van der Waals surface area contributed by atoms with E-state index in [-0.39, 0.29) is 24.4 Å². The maximum absolute atomic E-state index is 12.7. The van der Waals surface area contributed by atoms with E-state index < -0.39 is 0 Å². The molecule has 1 atom stereocenters. The number of halogens is 1. The number of likely N-dealkylation sites (N-methyl/N-ethyl adjacent to an activating group) is 1. The van der Waals surface area contributed by atoms with Crippen molar-refractivity contribution in [3.8, 4) is 5.75 Å². The number of carbonyl (C=O) groups excluding carboxylic acids is 1. The lowest BCUT2D eigenvalue weighted by Gasteiger charge is -2.24.